The van der Waals surface area contributed by atoms with Gasteiger partial charge in [-0.15, -0.1) is 0 Å². The van der Waals surface area contributed by atoms with Gasteiger partial charge in [-0.3, -0.25) is 4.79 Å². The summed E-state index contributed by atoms with van der Waals surface area (Å²) >= 11 is 3.38. The molecule has 23 heavy (non-hydrogen) atoms. The molecular formula is C17H18BrNO4. The molecule has 1 amide bonds. The Morgan fingerprint density at radius 2 is 1.74 bits per heavy atom. The molecule has 0 aliphatic rings. The van der Waals surface area contributed by atoms with Crippen LogP contribution in [0.25, 0.3) is 0 Å². The number of carbonyl (C=O) groups excluding carboxylic acids is 1. The molecule has 0 heterocycles. The Morgan fingerprint density at radius 3 is 2.39 bits per heavy atom. The molecule has 2 N–H and O–H groups in total. The zero-order valence-electron chi connectivity index (χ0n) is 12.5. The molecule has 0 aliphatic heterocycles. The van der Waals surface area contributed by atoms with Crippen molar-refractivity contribution in [1.82, 2.24) is 5.32 Å². The van der Waals surface area contributed by atoms with Gasteiger partial charge in [-0.05, 0) is 42.5 Å². The van der Waals surface area contributed by atoms with E-state index in [9.17, 15) is 4.79 Å². The van der Waals surface area contributed by atoms with Gasteiger partial charge in [-0.25, -0.2) is 0 Å². The second-order valence-electron chi connectivity index (χ2n) is 4.66. The summed E-state index contributed by atoms with van der Waals surface area (Å²) < 4.78 is 12.1. The van der Waals surface area contributed by atoms with Crippen LogP contribution in [0.4, 0.5) is 0 Å². The first-order valence-electron chi connectivity index (χ1n) is 7.19. The van der Waals surface area contributed by atoms with E-state index < -0.39 is 0 Å². The second-order valence-corrected chi connectivity index (χ2v) is 5.57. The standard InChI is InChI=1S/C17H18BrNO4/c18-14-2-1-3-16(12-14)23-11-10-22-15-6-4-13(5-7-15)17(21)19-8-9-20/h1-7,12,20H,8-11H2,(H,19,21). The number of halogens is 1. The minimum absolute atomic E-state index is 0.0785. The number of ether oxygens (including phenoxy) is 2. The Kier molecular flexibility index (Phi) is 6.90. The van der Waals surface area contributed by atoms with Crippen molar-refractivity contribution in [3.05, 3.63) is 58.6 Å². The van der Waals surface area contributed by atoms with Gasteiger partial charge in [0.1, 0.15) is 24.7 Å². The van der Waals surface area contributed by atoms with Crippen LogP contribution in [-0.4, -0.2) is 37.4 Å². The van der Waals surface area contributed by atoms with E-state index in [1.54, 1.807) is 24.3 Å². The highest BCUT2D eigenvalue weighted by atomic mass is 79.9. The van der Waals surface area contributed by atoms with Crippen LogP contribution >= 0.6 is 15.9 Å². The van der Waals surface area contributed by atoms with Crippen molar-refractivity contribution in [2.75, 3.05) is 26.4 Å². The third-order valence-electron chi connectivity index (χ3n) is 2.93. The molecule has 2 aromatic carbocycles. The fourth-order valence-electron chi connectivity index (χ4n) is 1.85. The Labute approximate surface area is 143 Å². The highest BCUT2D eigenvalue weighted by molar-refractivity contribution is 9.10. The predicted octanol–water partition coefficient (Wildman–Crippen LogP) is 2.63. The van der Waals surface area contributed by atoms with Crippen molar-refractivity contribution < 1.29 is 19.4 Å². The molecular weight excluding hydrogens is 362 g/mol. The molecule has 0 saturated heterocycles. The first-order chi connectivity index (χ1) is 11.2. The maximum atomic E-state index is 11.7. The number of hydrogen-bond acceptors (Lipinski definition) is 4. The molecule has 0 bridgehead atoms. The summed E-state index contributed by atoms with van der Waals surface area (Å²) in [6.45, 7) is 0.993. The zero-order chi connectivity index (χ0) is 16.5. The molecule has 0 atom stereocenters. The number of rotatable bonds is 8. The third-order valence-corrected chi connectivity index (χ3v) is 3.42. The number of amides is 1. The highest BCUT2D eigenvalue weighted by Gasteiger charge is 2.04. The van der Waals surface area contributed by atoms with Crippen molar-refractivity contribution in [2.45, 2.75) is 0 Å². The van der Waals surface area contributed by atoms with Gasteiger partial charge in [0.15, 0.2) is 0 Å². The number of carbonyl (C=O) groups is 1. The molecule has 0 aliphatic carbocycles. The Hall–Kier alpha value is -2.05. The molecule has 2 aromatic rings. The summed E-state index contributed by atoms with van der Waals surface area (Å²) in [5.74, 6) is 1.23. The maximum Gasteiger partial charge on any atom is 0.251 e. The van der Waals surface area contributed by atoms with Crippen LogP contribution in [0.15, 0.2) is 53.0 Å². The van der Waals surface area contributed by atoms with Gasteiger partial charge in [-0.2, -0.15) is 0 Å². The minimum atomic E-state index is -0.219. The van der Waals surface area contributed by atoms with E-state index >= 15 is 0 Å². The van der Waals surface area contributed by atoms with Gasteiger partial charge in [0.05, 0.1) is 6.61 Å². The third kappa shape index (κ3) is 5.92. The van der Waals surface area contributed by atoms with Crippen molar-refractivity contribution in [3.8, 4) is 11.5 Å². The topological polar surface area (TPSA) is 67.8 Å². The minimum Gasteiger partial charge on any atom is -0.490 e. The number of aliphatic hydroxyl groups excluding tert-OH is 1. The SMILES string of the molecule is O=C(NCCO)c1ccc(OCCOc2cccc(Br)c2)cc1. The van der Waals surface area contributed by atoms with Crippen molar-refractivity contribution in [1.29, 1.82) is 0 Å². The number of aliphatic hydroxyl groups is 1. The predicted molar refractivity (Wildman–Crippen MR) is 91.0 cm³/mol. The van der Waals surface area contributed by atoms with Crippen LogP contribution in [0.3, 0.4) is 0 Å². The fourth-order valence-corrected chi connectivity index (χ4v) is 2.23. The van der Waals surface area contributed by atoms with Crippen LogP contribution in [0.2, 0.25) is 0 Å². The summed E-state index contributed by atoms with van der Waals surface area (Å²) in [6, 6.07) is 14.4. The van der Waals surface area contributed by atoms with Gasteiger partial charge in [0.25, 0.3) is 5.91 Å². The van der Waals surface area contributed by atoms with E-state index in [2.05, 4.69) is 21.2 Å². The first kappa shape index (κ1) is 17.3. The smallest absolute Gasteiger partial charge is 0.251 e. The van der Waals surface area contributed by atoms with Gasteiger partial charge in [0, 0.05) is 16.6 Å². The lowest BCUT2D eigenvalue weighted by Crippen LogP contribution is -2.26. The molecule has 6 heteroatoms. The Bertz CT molecular complexity index is 631. The number of hydrogen-bond donors (Lipinski definition) is 2. The zero-order valence-corrected chi connectivity index (χ0v) is 14.1. The fraction of sp³-hybridized carbons (Fsp3) is 0.235. The van der Waals surface area contributed by atoms with Crippen LogP contribution in [0, 0.1) is 0 Å². The van der Waals surface area contributed by atoms with Gasteiger partial charge in [-0.1, -0.05) is 22.0 Å². The van der Waals surface area contributed by atoms with E-state index in [1.165, 1.54) is 0 Å². The van der Waals surface area contributed by atoms with Gasteiger partial charge in [0.2, 0.25) is 0 Å². The van der Waals surface area contributed by atoms with E-state index in [1.807, 2.05) is 24.3 Å². The average Bonchev–Trinajstić information content (AvgIpc) is 2.57. The molecule has 0 aromatic heterocycles. The molecule has 122 valence electrons. The van der Waals surface area contributed by atoms with Crippen LogP contribution < -0.4 is 14.8 Å². The monoisotopic (exact) mass is 379 g/mol. The lowest BCUT2D eigenvalue weighted by molar-refractivity contribution is 0.0944. The van der Waals surface area contributed by atoms with Crippen molar-refractivity contribution in [3.63, 3.8) is 0 Å². The summed E-state index contributed by atoms with van der Waals surface area (Å²) in [5.41, 5.74) is 0.524. The Balaban J connectivity index is 1.74. The number of nitrogens with one attached hydrogen (secondary N) is 1. The average molecular weight is 380 g/mol. The lowest BCUT2D eigenvalue weighted by Gasteiger charge is -2.09. The quantitative estimate of drug-likeness (QED) is 0.691. The second kappa shape index (κ2) is 9.17. The van der Waals surface area contributed by atoms with Crippen molar-refractivity contribution in [2.24, 2.45) is 0 Å². The summed E-state index contributed by atoms with van der Waals surface area (Å²) in [7, 11) is 0. The molecule has 0 spiro atoms. The van der Waals surface area contributed by atoms with Crippen LogP contribution in [0.1, 0.15) is 10.4 Å². The highest BCUT2D eigenvalue weighted by Crippen LogP contribution is 2.18. The summed E-state index contributed by atoms with van der Waals surface area (Å²) in [4.78, 5) is 11.7. The maximum absolute atomic E-state index is 11.7. The largest absolute Gasteiger partial charge is 0.490 e. The Morgan fingerprint density at radius 1 is 1.04 bits per heavy atom. The summed E-state index contributed by atoms with van der Waals surface area (Å²) in [6.07, 6.45) is 0. The van der Waals surface area contributed by atoms with E-state index in [-0.39, 0.29) is 19.1 Å². The molecule has 0 unspecified atom stereocenters. The lowest BCUT2D eigenvalue weighted by atomic mass is 10.2. The van der Waals surface area contributed by atoms with Crippen LogP contribution in [-0.2, 0) is 0 Å². The van der Waals surface area contributed by atoms with E-state index in [0.717, 1.165) is 10.2 Å². The first-order valence-corrected chi connectivity index (χ1v) is 7.98. The summed E-state index contributed by atoms with van der Waals surface area (Å²) in [5, 5.41) is 11.3. The number of benzene rings is 2. The molecule has 2 rings (SSSR count). The molecule has 0 saturated carbocycles. The van der Waals surface area contributed by atoms with Crippen LogP contribution in [0.5, 0.6) is 11.5 Å². The van der Waals surface area contributed by atoms with Gasteiger partial charge >= 0.3 is 0 Å². The molecule has 0 fully saturated rings. The molecule has 5 nitrogen and oxygen atoms in total. The van der Waals surface area contributed by atoms with Crippen molar-refractivity contribution >= 4 is 21.8 Å². The van der Waals surface area contributed by atoms with Gasteiger partial charge < -0.3 is 19.9 Å². The van der Waals surface area contributed by atoms with E-state index in [0.29, 0.717) is 24.5 Å². The van der Waals surface area contributed by atoms with E-state index in [4.69, 9.17) is 14.6 Å². The molecule has 0 radical (unpaired) electrons. The normalized spacial score (nSPS) is 10.2.